The van der Waals surface area contributed by atoms with E-state index in [0.29, 0.717) is 22.3 Å². The molecular weight excluding hydrogens is 308 g/mol. The molecular formula is C17H16N4O3. The molecule has 0 radical (unpaired) electrons. The maximum Gasteiger partial charge on any atom is 0.330 e. The fraction of sp³-hybridized carbons (Fsp3) is 0.176. The molecule has 7 heteroatoms. The molecule has 2 N–H and O–H groups in total. The minimum Gasteiger partial charge on any atom is -0.479 e. The van der Waals surface area contributed by atoms with Gasteiger partial charge in [-0.15, -0.1) is 0 Å². The summed E-state index contributed by atoms with van der Waals surface area (Å²) in [6.45, 7) is 3.55. The molecule has 0 aliphatic carbocycles. The zero-order valence-corrected chi connectivity index (χ0v) is 13.2. The van der Waals surface area contributed by atoms with Gasteiger partial charge in [-0.05, 0) is 31.5 Å². The first-order valence-electron chi connectivity index (χ1n) is 7.38. The van der Waals surface area contributed by atoms with Crippen LogP contribution in [-0.2, 0) is 4.79 Å². The smallest absolute Gasteiger partial charge is 0.330 e. The first-order chi connectivity index (χ1) is 11.5. The van der Waals surface area contributed by atoms with Gasteiger partial charge in [-0.1, -0.05) is 29.8 Å². The number of benzene rings is 1. The maximum atomic E-state index is 12.7. The zero-order valence-electron chi connectivity index (χ0n) is 13.2. The van der Waals surface area contributed by atoms with Crippen LogP contribution in [0, 0.1) is 13.8 Å². The molecule has 0 bridgehead atoms. The summed E-state index contributed by atoms with van der Waals surface area (Å²) in [7, 11) is 0. The summed E-state index contributed by atoms with van der Waals surface area (Å²) >= 11 is 0. The molecule has 1 atom stereocenters. The molecule has 122 valence electrons. The number of hydrogen-bond donors (Lipinski definition) is 2. The molecule has 0 aliphatic rings. The van der Waals surface area contributed by atoms with Crippen molar-refractivity contribution in [3.8, 4) is 0 Å². The highest BCUT2D eigenvalue weighted by Gasteiger charge is 2.25. The molecule has 0 aliphatic heterocycles. The van der Waals surface area contributed by atoms with Gasteiger partial charge >= 0.3 is 5.97 Å². The fourth-order valence-electron chi connectivity index (χ4n) is 2.63. The standard InChI is InChI=1S/C17H16N4O3/c1-10-5-3-6-12(9-10)15(17(23)24)19-16(22)14-11(2)20-21-13(14)7-4-8-18-21/h3-9,15H,1-2H3,(H,19,22)(H,23,24). The van der Waals surface area contributed by atoms with E-state index in [1.807, 2.05) is 13.0 Å². The van der Waals surface area contributed by atoms with Gasteiger partial charge in [0.1, 0.15) is 5.52 Å². The van der Waals surface area contributed by atoms with Crippen LogP contribution in [0.2, 0.25) is 0 Å². The Kier molecular flexibility index (Phi) is 3.99. The third kappa shape index (κ3) is 2.83. The van der Waals surface area contributed by atoms with E-state index >= 15 is 0 Å². The van der Waals surface area contributed by atoms with E-state index in [-0.39, 0.29) is 0 Å². The second-order valence-electron chi connectivity index (χ2n) is 5.52. The molecule has 0 saturated carbocycles. The van der Waals surface area contributed by atoms with Crippen LogP contribution < -0.4 is 5.32 Å². The molecule has 0 spiro atoms. The van der Waals surface area contributed by atoms with Crippen LogP contribution in [0.5, 0.6) is 0 Å². The molecule has 1 unspecified atom stereocenters. The molecule has 3 rings (SSSR count). The van der Waals surface area contributed by atoms with Crippen molar-refractivity contribution in [2.24, 2.45) is 0 Å². The van der Waals surface area contributed by atoms with Crippen molar-refractivity contribution in [2.45, 2.75) is 19.9 Å². The van der Waals surface area contributed by atoms with Crippen molar-refractivity contribution >= 4 is 17.4 Å². The number of aliphatic carboxylic acids is 1. The number of hydrogen-bond acceptors (Lipinski definition) is 4. The largest absolute Gasteiger partial charge is 0.479 e. The lowest BCUT2D eigenvalue weighted by atomic mass is 10.0. The summed E-state index contributed by atoms with van der Waals surface area (Å²) in [4.78, 5) is 24.3. The number of carbonyl (C=O) groups excluding carboxylic acids is 1. The zero-order chi connectivity index (χ0) is 17.3. The fourth-order valence-corrected chi connectivity index (χ4v) is 2.63. The lowest BCUT2D eigenvalue weighted by molar-refractivity contribution is -0.139. The summed E-state index contributed by atoms with van der Waals surface area (Å²) in [6, 6.07) is 9.32. The topological polar surface area (TPSA) is 96.6 Å². The Balaban J connectivity index is 1.97. The highest BCUT2D eigenvalue weighted by Crippen LogP contribution is 2.19. The molecule has 1 amide bonds. The highest BCUT2D eigenvalue weighted by molar-refractivity contribution is 6.03. The summed E-state index contributed by atoms with van der Waals surface area (Å²) < 4.78 is 1.35. The molecule has 0 saturated heterocycles. The first-order valence-corrected chi connectivity index (χ1v) is 7.38. The second kappa shape index (κ2) is 6.11. The van der Waals surface area contributed by atoms with E-state index in [4.69, 9.17) is 0 Å². The van der Waals surface area contributed by atoms with Gasteiger partial charge in [0.15, 0.2) is 6.04 Å². The second-order valence-corrected chi connectivity index (χ2v) is 5.52. The predicted octanol–water partition coefficient (Wildman–Crippen LogP) is 1.90. The average molecular weight is 324 g/mol. The molecule has 2 heterocycles. The number of carboxylic acids is 1. The monoisotopic (exact) mass is 324 g/mol. The van der Waals surface area contributed by atoms with Gasteiger partial charge in [0.2, 0.25) is 0 Å². The molecule has 24 heavy (non-hydrogen) atoms. The van der Waals surface area contributed by atoms with Crippen molar-refractivity contribution in [3.63, 3.8) is 0 Å². The van der Waals surface area contributed by atoms with Gasteiger partial charge in [0, 0.05) is 6.20 Å². The van der Waals surface area contributed by atoms with E-state index in [9.17, 15) is 14.7 Å². The van der Waals surface area contributed by atoms with Crippen LogP contribution >= 0.6 is 0 Å². The Labute approximate surface area is 137 Å². The Morgan fingerprint density at radius 3 is 2.71 bits per heavy atom. The molecule has 1 aromatic carbocycles. The molecule has 7 nitrogen and oxygen atoms in total. The SMILES string of the molecule is Cc1cccc(C(NC(=O)c2c(C)nn3ncccc23)C(=O)O)c1. The van der Waals surface area contributed by atoms with Gasteiger partial charge < -0.3 is 10.4 Å². The Bertz CT molecular complexity index is 932. The number of amides is 1. The normalized spacial score (nSPS) is 12.1. The van der Waals surface area contributed by atoms with Crippen molar-refractivity contribution in [3.05, 3.63) is 65.0 Å². The molecule has 0 fully saturated rings. The van der Waals surface area contributed by atoms with E-state index < -0.39 is 17.9 Å². The third-order valence-corrected chi connectivity index (χ3v) is 3.72. The summed E-state index contributed by atoms with van der Waals surface area (Å²) in [6.07, 6.45) is 1.56. The van der Waals surface area contributed by atoms with Crippen LogP contribution in [0.4, 0.5) is 0 Å². The van der Waals surface area contributed by atoms with Crippen LogP contribution in [0.15, 0.2) is 42.6 Å². The van der Waals surface area contributed by atoms with Gasteiger partial charge in [-0.2, -0.15) is 14.8 Å². The highest BCUT2D eigenvalue weighted by atomic mass is 16.4. The number of aromatic nitrogens is 3. The van der Waals surface area contributed by atoms with Gasteiger partial charge in [0.25, 0.3) is 5.91 Å². The van der Waals surface area contributed by atoms with Crippen molar-refractivity contribution in [2.75, 3.05) is 0 Å². The Hall–Kier alpha value is -3.22. The van der Waals surface area contributed by atoms with E-state index in [1.54, 1.807) is 43.5 Å². The summed E-state index contributed by atoms with van der Waals surface area (Å²) in [5, 5.41) is 20.3. The van der Waals surface area contributed by atoms with Gasteiger partial charge in [-0.3, -0.25) is 4.79 Å². The lowest BCUT2D eigenvalue weighted by Gasteiger charge is -2.15. The maximum absolute atomic E-state index is 12.7. The molecule has 3 aromatic rings. The quantitative estimate of drug-likeness (QED) is 0.764. The van der Waals surface area contributed by atoms with Crippen LogP contribution in [0.25, 0.3) is 5.52 Å². The first kappa shape index (κ1) is 15.7. The number of nitrogens with zero attached hydrogens (tertiary/aromatic N) is 3. The van der Waals surface area contributed by atoms with Crippen molar-refractivity contribution in [1.29, 1.82) is 0 Å². The van der Waals surface area contributed by atoms with Crippen LogP contribution in [0.3, 0.4) is 0 Å². The number of aryl methyl sites for hydroxylation is 2. The number of rotatable bonds is 4. The molecule has 2 aromatic heterocycles. The number of carbonyl (C=O) groups is 2. The summed E-state index contributed by atoms with van der Waals surface area (Å²) in [5.74, 6) is -1.62. The Morgan fingerprint density at radius 1 is 1.21 bits per heavy atom. The third-order valence-electron chi connectivity index (χ3n) is 3.72. The van der Waals surface area contributed by atoms with E-state index in [1.165, 1.54) is 4.63 Å². The van der Waals surface area contributed by atoms with Crippen LogP contribution in [0.1, 0.15) is 33.2 Å². The minimum atomic E-state index is -1.14. The van der Waals surface area contributed by atoms with E-state index in [0.717, 1.165) is 5.56 Å². The van der Waals surface area contributed by atoms with Gasteiger partial charge in [-0.25, -0.2) is 4.79 Å². The summed E-state index contributed by atoms with van der Waals surface area (Å²) in [5.41, 5.74) is 2.77. The van der Waals surface area contributed by atoms with E-state index in [2.05, 4.69) is 15.5 Å². The Morgan fingerprint density at radius 2 is 2.00 bits per heavy atom. The number of carboxylic acid groups (broad SMARTS) is 1. The van der Waals surface area contributed by atoms with Gasteiger partial charge in [0.05, 0.1) is 11.3 Å². The average Bonchev–Trinajstić information content (AvgIpc) is 2.88. The predicted molar refractivity (Wildman–Crippen MR) is 86.7 cm³/mol. The van der Waals surface area contributed by atoms with Crippen molar-refractivity contribution < 1.29 is 14.7 Å². The minimum absolute atomic E-state index is 0.321. The van der Waals surface area contributed by atoms with Crippen LogP contribution in [-0.4, -0.2) is 31.8 Å². The van der Waals surface area contributed by atoms with Crippen molar-refractivity contribution in [1.82, 2.24) is 20.1 Å². The number of nitrogens with one attached hydrogen (secondary N) is 1. The number of fused-ring (bicyclic) bond motifs is 1. The lowest BCUT2D eigenvalue weighted by Crippen LogP contribution is -2.34.